The van der Waals surface area contributed by atoms with Crippen molar-refractivity contribution in [3.8, 4) is 11.3 Å². The van der Waals surface area contributed by atoms with Crippen molar-refractivity contribution in [1.82, 2.24) is 14.7 Å². The van der Waals surface area contributed by atoms with Gasteiger partial charge in [0.1, 0.15) is 11.5 Å². The molecule has 162 valence electrons. The second-order valence-electron chi connectivity index (χ2n) is 7.67. The molecule has 2 heterocycles. The van der Waals surface area contributed by atoms with Gasteiger partial charge in [0.2, 0.25) is 5.91 Å². The van der Waals surface area contributed by atoms with Crippen molar-refractivity contribution >= 4 is 29.1 Å². The zero-order valence-electron chi connectivity index (χ0n) is 17.2. The first-order chi connectivity index (χ1) is 15.3. The molecule has 0 aliphatic carbocycles. The van der Waals surface area contributed by atoms with Gasteiger partial charge in [-0.3, -0.25) is 14.3 Å². The highest BCUT2D eigenvalue weighted by atomic mass is 35.5. The molecular formula is C23H19ClFN5O2. The smallest absolute Gasteiger partial charge is 0.252 e. The predicted molar refractivity (Wildman–Crippen MR) is 118 cm³/mol. The molecule has 0 spiro atoms. The van der Waals surface area contributed by atoms with Gasteiger partial charge in [-0.2, -0.15) is 5.10 Å². The molecule has 2 amide bonds. The number of primary amides is 1. The van der Waals surface area contributed by atoms with Crippen molar-refractivity contribution in [3.05, 3.63) is 81.5 Å². The van der Waals surface area contributed by atoms with E-state index in [9.17, 15) is 14.0 Å². The molecule has 0 fully saturated rings. The minimum Gasteiger partial charge on any atom is -0.365 e. The van der Waals surface area contributed by atoms with E-state index < -0.39 is 11.7 Å². The van der Waals surface area contributed by atoms with Gasteiger partial charge in [0.05, 0.1) is 42.4 Å². The number of aromatic nitrogens is 2. The normalized spacial score (nSPS) is 15.2. The molecule has 7 nitrogen and oxygen atoms in total. The van der Waals surface area contributed by atoms with Crippen molar-refractivity contribution < 1.29 is 14.0 Å². The molecule has 1 aliphatic heterocycles. The van der Waals surface area contributed by atoms with Crippen LogP contribution >= 0.6 is 11.6 Å². The summed E-state index contributed by atoms with van der Waals surface area (Å²) >= 11 is 5.91. The van der Waals surface area contributed by atoms with Crippen molar-refractivity contribution in [2.45, 2.75) is 32.5 Å². The molecule has 0 saturated heterocycles. The summed E-state index contributed by atoms with van der Waals surface area (Å²) in [5, 5.41) is 4.44. The Morgan fingerprint density at radius 1 is 1.28 bits per heavy atom. The van der Waals surface area contributed by atoms with Crippen LogP contribution in [0, 0.1) is 12.4 Å². The lowest BCUT2D eigenvalue weighted by Gasteiger charge is -2.34. The van der Waals surface area contributed by atoms with E-state index in [1.807, 2.05) is 6.92 Å². The number of nitrogens with two attached hydrogens (primary N) is 1. The number of nitrogens with zero attached hydrogens (tertiary/aromatic N) is 4. The van der Waals surface area contributed by atoms with Gasteiger partial charge in [0.25, 0.3) is 5.91 Å². The van der Waals surface area contributed by atoms with Gasteiger partial charge in [0.15, 0.2) is 5.69 Å². The molecular weight excluding hydrogens is 433 g/mol. The second-order valence-corrected chi connectivity index (χ2v) is 8.08. The summed E-state index contributed by atoms with van der Waals surface area (Å²) in [5.74, 6) is -1.37. The SMILES string of the molecule is [C-]#[N+]c1ccc(CC(=O)N2Cc3c(C(N)=O)c(-c4ccc(F)c(Cl)c4)nn3CC2C)cc1. The average molecular weight is 452 g/mol. The van der Waals surface area contributed by atoms with Crippen LogP contribution in [0.25, 0.3) is 16.1 Å². The molecule has 4 rings (SSSR count). The lowest BCUT2D eigenvalue weighted by Crippen LogP contribution is -2.46. The topological polar surface area (TPSA) is 85.6 Å². The zero-order valence-corrected chi connectivity index (χ0v) is 17.9. The lowest BCUT2D eigenvalue weighted by molar-refractivity contribution is -0.134. The van der Waals surface area contributed by atoms with Crippen molar-refractivity contribution in [3.63, 3.8) is 0 Å². The van der Waals surface area contributed by atoms with Crippen LogP contribution < -0.4 is 5.73 Å². The summed E-state index contributed by atoms with van der Waals surface area (Å²) in [6.07, 6.45) is 0.170. The van der Waals surface area contributed by atoms with Crippen molar-refractivity contribution in [1.29, 1.82) is 0 Å². The number of hydrogen-bond donors (Lipinski definition) is 1. The van der Waals surface area contributed by atoms with E-state index in [1.54, 1.807) is 33.8 Å². The molecule has 1 aromatic heterocycles. The minimum atomic E-state index is -0.682. The number of benzene rings is 2. The number of halogens is 2. The quantitative estimate of drug-likeness (QED) is 0.609. The van der Waals surface area contributed by atoms with Crippen molar-refractivity contribution in [2.75, 3.05) is 0 Å². The highest BCUT2D eigenvalue weighted by molar-refractivity contribution is 6.31. The molecule has 2 N–H and O–H groups in total. The molecule has 0 radical (unpaired) electrons. The first-order valence-electron chi connectivity index (χ1n) is 9.89. The van der Waals surface area contributed by atoms with Gasteiger partial charge in [-0.25, -0.2) is 9.24 Å². The highest BCUT2D eigenvalue weighted by Gasteiger charge is 2.33. The Kier molecular flexibility index (Phi) is 5.68. The lowest BCUT2D eigenvalue weighted by atomic mass is 10.0. The molecule has 1 atom stereocenters. The Labute approximate surface area is 189 Å². The summed E-state index contributed by atoms with van der Waals surface area (Å²) in [6.45, 7) is 9.49. The Bertz CT molecular complexity index is 1260. The molecule has 9 heteroatoms. The summed E-state index contributed by atoms with van der Waals surface area (Å²) in [5.41, 5.74) is 8.48. The van der Waals surface area contributed by atoms with E-state index in [0.717, 1.165) is 5.56 Å². The van der Waals surface area contributed by atoms with E-state index in [-0.39, 0.29) is 35.5 Å². The third kappa shape index (κ3) is 3.95. The Balaban J connectivity index is 1.66. The number of amides is 2. The van der Waals surface area contributed by atoms with Gasteiger partial charge >= 0.3 is 0 Å². The van der Waals surface area contributed by atoms with Crippen LogP contribution in [0.15, 0.2) is 42.5 Å². The van der Waals surface area contributed by atoms with Gasteiger partial charge in [-0.15, -0.1) is 0 Å². The van der Waals surface area contributed by atoms with E-state index in [0.29, 0.717) is 29.2 Å². The molecule has 3 aromatic rings. The van der Waals surface area contributed by atoms with E-state index in [4.69, 9.17) is 23.9 Å². The fraction of sp³-hybridized carbons (Fsp3) is 0.217. The Morgan fingerprint density at radius 3 is 2.62 bits per heavy atom. The van der Waals surface area contributed by atoms with Gasteiger partial charge < -0.3 is 10.6 Å². The fourth-order valence-corrected chi connectivity index (χ4v) is 4.06. The predicted octanol–water partition coefficient (Wildman–Crippen LogP) is 3.97. The third-order valence-corrected chi connectivity index (χ3v) is 5.82. The fourth-order valence-electron chi connectivity index (χ4n) is 3.88. The number of rotatable bonds is 4. The average Bonchev–Trinajstić information content (AvgIpc) is 3.14. The standard InChI is InChI=1S/C23H19ClFN5O2/c1-13-11-30-19(12-29(13)20(31)9-14-3-6-16(27-2)7-4-14)21(23(26)32)22(28-30)15-5-8-18(25)17(24)10-15/h3-8,10,13H,9,11-12H2,1H3,(H2,26,32). The van der Waals surface area contributed by atoms with Gasteiger partial charge in [-0.1, -0.05) is 35.9 Å². The zero-order chi connectivity index (χ0) is 23.0. The highest BCUT2D eigenvalue weighted by Crippen LogP contribution is 2.32. The molecule has 0 bridgehead atoms. The largest absolute Gasteiger partial charge is 0.365 e. The van der Waals surface area contributed by atoms with Crippen LogP contribution in [-0.2, 0) is 24.3 Å². The minimum absolute atomic E-state index is 0.0849. The van der Waals surface area contributed by atoms with Crippen LogP contribution in [0.4, 0.5) is 10.1 Å². The van der Waals surface area contributed by atoms with Gasteiger partial charge in [0, 0.05) is 11.6 Å². The Hall–Kier alpha value is -3.70. The molecule has 1 aliphatic rings. The molecule has 32 heavy (non-hydrogen) atoms. The maximum atomic E-state index is 13.6. The van der Waals surface area contributed by atoms with E-state index >= 15 is 0 Å². The molecule has 0 saturated carbocycles. The Morgan fingerprint density at radius 2 is 2.00 bits per heavy atom. The first kappa shape index (κ1) is 21.5. The maximum Gasteiger partial charge on any atom is 0.252 e. The van der Waals surface area contributed by atoms with Crippen LogP contribution in [0.5, 0.6) is 0 Å². The van der Waals surface area contributed by atoms with E-state index in [1.165, 1.54) is 18.2 Å². The summed E-state index contributed by atoms with van der Waals surface area (Å²) in [4.78, 5) is 30.4. The third-order valence-electron chi connectivity index (χ3n) is 5.53. The monoisotopic (exact) mass is 451 g/mol. The van der Waals surface area contributed by atoms with E-state index in [2.05, 4.69) is 9.94 Å². The summed E-state index contributed by atoms with van der Waals surface area (Å²) in [7, 11) is 0. The number of carbonyl (C=O) groups is 2. The first-order valence-corrected chi connectivity index (χ1v) is 10.3. The molecule has 2 aromatic carbocycles. The number of hydrogen-bond acceptors (Lipinski definition) is 3. The maximum absolute atomic E-state index is 13.6. The summed E-state index contributed by atoms with van der Waals surface area (Å²) < 4.78 is 15.3. The second kappa shape index (κ2) is 8.44. The number of fused-ring (bicyclic) bond motifs is 1. The number of carbonyl (C=O) groups excluding carboxylic acids is 2. The summed E-state index contributed by atoms with van der Waals surface area (Å²) in [6, 6.07) is 10.8. The van der Waals surface area contributed by atoms with Gasteiger partial charge in [-0.05, 0) is 30.7 Å². The van der Waals surface area contributed by atoms with Crippen LogP contribution in [0.2, 0.25) is 5.02 Å². The van der Waals surface area contributed by atoms with Crippen LogP contribution in [0.1, 0.15) is 28.5 Å². The van der Waals surface area contributed by atoms with Crippen LogP contribution in [0.3, 0.4) is 0 Å². The van der Waals surface area contributed by atoms with Crippen LogP contribution in [-0.4, -0.2) is 32.5 Å². The van der Waals surface area contributed by atoms with Crippen molar-refractivity contribution in [2.24, 2.45) is 5.73 Å². The molecule has 1 unspecified atom stereocenters.